The summed E-state index contributed by atoms with van der Waals surface area (Å²) in [4.78, 5) is 17.8. The van der Waals surface area contributed by atoms with Crippen LogP contribution in [0.1, 0.15) is 43.0 Å². The van der Waals surface area contributed by atoms with Crippen molar-refractivity contribution in [1.29, 1.82) is 0 Å². The van der Waals surface area contributed by atoms with E-state index in [0.717, 1.165) is 4.88 Å². The van der Waals surface area contributed by atoms with Crippen LogP contribution in [0.3, 0.4) is 0 Å². The third kappa shape index (κ3) is 6.74. The number of aromatic nitrogens is 1. The van der Waals surface area contributed by atoms with E-state index in [9.17, 15) is 18.0 Å². The highest BCUT2D eigenvalue weighted by molar-refractivity contribution is 7.15. The van der Waals surface area contributed by atoms with Crippen molar-refractivity contribution in [3.05, 3.63) is 81.5 Å². The summed E-state index contributed by atoms with van der Waals surface area (Å²) in [7, 11) is 0. The van der Waals surface area contributed by atoms with Crippen molar-refractivity contribution in [2.45, 2.75) is 45.3 Å². The Hall–Kier alpha value is -2.82. The second kappa shape index (κ2) is 11.3. The monoisotopic (exact) mass is 553 g/mol. The lowest BCUT2D eigenvalue weighted by Gasteiger charge is -2.15. The number of halogens is 4. The van der Waals surface area contributed by atoms with Crippen LogP contribution >= 0.6 is 22.9 Å². The first-order valence-electron chi connectivity index (χ1n) is 11.9. The van der Waals surface area contributed by atoms with Crippen molar-refractivity contribution in [3.63, 3.8) is 0 Å². The van der Waals surface area contributed by atoms with Gasteiger partial charge in [-0.3, -0.25) is 4.79 Å². The molecule has 3 fully saturated rings. The van der Waals surface area contributed by atoms with Crippen LogP contribution in [-0.4, -0.2) is 30.3 Å². The zero-order valence-corrected chi connectivity index (χ0v) is 21.8. The fourth-order valence-corrected chi connectivity index (χ4v) is 4.93. The molecule has 2 N–H and O–H groups in total. The van der Waals surface area contributed by atoms with Crippen LogP contribution in [0.5, 0.6) is 0 Å². The fourth-order valence-electron chi connectivity index (χ4n) is 3.94. The zero-order valence-electron chi connectivity index (χ0n) is 20.2. The van der Waals surface area contributed by atoms with E-state index < -0.39 is 17.5 Å². The minimum absolute atomic E-state index is 0.119. The number of amides is 1. The van der Waals surface area contributed by atoms with Crippen LogP contribution < -0.4 is 10.6 Å². The van der Waals surface area contributed by atoms with Crippen molar-refractivity contribution in [2.24, 2.45) is 5.41 Å². The van der Waals surface area contributed by atoms with Crippen LogP contribution in [0, 0.1) is 11.2 Å². The number of hydrogen-bond acceptors (Lipinski definition) is 6. The second-order valence-electron chi connectivity index (χ2n) is 8.89. The number of alkyl halides is 2. The van der Waals surface area contributed by atoms with Gasteiger partial charge in [-0.25, -0.2) is 9.37 Å². The number of ether oxygens (including phenoxy) is 2. The quantitative estimate of drug-likeness (QED) is 0.424. The summed E-state index contributed by atoms with van der Waals surface area (Å²) in [6.07, 6.45) is 4.57. The van der Waals surface area contributed by atoms with E-state index in [1.807, 2.05) is 0 Å². The summed E-state index contributed by atoms with van der Waals surface area (Å²) in [5, 5.41) is 6.64. The van der Waals surface area contributed by atoms with Crippen molar-refractivity contribution < 1.29 is 27.4 Å². The molecule has 1 aromatic carbocycles. The van der Waals surface area contributed by atoms with Gasteiger partial charge in [-0.15, -0.1) is 20.1 Å². The number of hydrogen-bond donors (Lipinski definition) is 2. The van der Waals surface area contributed by atoms with E-state index >= 15 is 0 Å². The molecule has 2 aliphatic heterocycles. The molecule has 5 rings (SSSR count). The lowest BCUT2D eigenvalue weighted by Crippen LogP contribution is -2.25. The predicted octanol–water partition coefficient (Wildman–Crippen LogP) is 6.56. The molecule has 11 heteroatoms. The Labute approximate surface area is 222 Å². The van der Waals surface area contributed by atoms with Gasteiger partial charge in [-0.2, -0.15) is 0 Å². The number of nitrogens with one attached hydrogen (secondary N) is 2. The summed E-state index contributed by atoms with van der Waals surface area (Å²) in [5.74, 6) is -1.05. The number of benzene rings is 1. The fraction of sp³-hybridized carbons (Fsp3) is 0.385. The molecule has 3 heterocycles. The van der Waals surface area contributed by atoms with Gasteiger partial charge in [0.15, 0.2) is 16.6 Å². The van der Waals surface area contributed by atoms with Crippen LogP contribution in [0.2, 0.25) is 5.02 Å². The van der Waals surface area contributed by atoms with E-state index in [1.165, 1.54) is 62.4 Å². The largest absolute Gasteiger partial charge is 0.586 e. The molecular weight excluding hydrogens is 527 g/mol. The molecule has 3 aliphatic rings. The Bertz CT molecular complexity index is 1230. The third-order valence-corrected chi connectivity index (χ3v) is 7.33. The number of anilines is 1. The minimum atomic E-state index is -3.76. The molecule has 1 saturated carbocycles. The van der Waals surface area contributed by atoms with Crippen molar-refractivity contribution >= 4 is 34.0 Å². The first kappa shape index (κ1) is 27.2. The minimum Gasteiger partial charge on any atom is -0.396 e. The number of nitrogens with zero attached hydrogens (tertiary/aromatic N) is 1. The smallest absolute Gasteiger partial charge is 0.396 e. The lowest BCUT2D eigenvalue weighted by molar-refractivity contribution is -0.326. The van der Waals surface area contributed by atoms with Crippen LogP contribution in [0.25, 0.3) is 0 Å². The van der Waals surface area contributed by atoms with Crippen molar-refractivity contribution in [3.8, 4) is 0 Å². The highest BCUT2D eigenvalue weighted by Gasteiger charge is 2.53. The van der Waals surface area contributed by atoms with E-state index in [-0.39, 0.29) is 17.4 Å². The molecule has 6 nitrogen and oxygen atoms in total. The van der Waals surface area contributed by atoms with Crippen molar-refractivity contribution in [2.75, 3.05) is 18.4 Å². The maximum Gasteiger partial charge on any atom is 0.586 e. The van der Waals surface area contributed by atoms with Gasteiger partial charge in [0.2, 0.25) is 5.91 Å². The number of carbonyl (C=O) groups excluding carboxylic acids is 1. The van der Waals surface area contributed by atoms with E-state index in [1.54, 1.807) is 18.3 Å². The van der Waals surface area contributed by atoms with E-state index in [0.29, 0.717) is 40.6 Å². The lowest BCUT2D eigenvalue weighted by atomic mass is 9.95. The van der Waals surface area contributed by atoms with Gasteiger partial charge >= 0.3 is 6.29 Å². The average Bonchev–Trinajstić information content (AvgIpc) is 3.15. The van der Waals surface area contributed by atoms with Crippen molar-refractivity contribution in [1.82, 2.24) is 10.3 Å². The van der Waals surface area contributed by atoms with Gasteiger partial charge in [0.05, 0.1) is 5.41 Å². The molecule has 0 unspecified atom stereocenters. The van der Waals surface area contributed by atoms with Gasteiger partial charge in [0.25, 0.3) is 0 Å². The summed E-state index contributed by atoms with van der Waals surface area (Å²) >= 11 is 7.00. The number of allylic oxidation sites excluding steroid dienone is 2. The molecule has 0 atom stereocenters. The van der Waals surface area contributed by atoms with Gasteiger partial charge < -0.3 is 20.1 Å². The third-order valence-electron chi connectivity index (χ3n) is 6.18. The molecule has 0 bridgehead atoms. The number of carbonyl (C=O) groups is 1. The maximum absolute atomic E-state index is 14.0. The molecule has 37 heavy (non-hydrogen) atoms. The Morgan fingerprint density at radius 1 is 1.27 bits per heavy atom. The summed E-state index contributed by atoms with van der Waals surface area (Å²) in [6.45, 7) is 7.93. The second-order valence-corrected chi connectivity index (χ2v) is 10.4. The predicted molar refractivity (Wildman–Crippen MR) is 137 cm³/mol. The van der Waals surface area contributed by atoms with Crippen LogP contribution in [0.15, 0.2) is 60.2 Å². The SMILES string of the molecule is C1CCNC1.C=C(/C=C1/OC(F)(F)O/C1=C/C)C1(C(=O)Nc2ncc(Cc3ccc(Cl)cc3F)s2)CC1. The standard InChI is InChI=1S/C22H18ClF3N2O3S.C4H9N/c1-3-17-18(31-22(25,26)30-17)8-12(2)21(6-7-21)19(29)28-20-27-11-15(32-20)9-13-4-5-14(23)10-16(13)24;1-2-4-5-3-1/h3-5,8,10-11H,2,6-7,9H2,1H3,(H,27,28,29);5H,1-4H2/b17-3+,18-8+;. The van der Waals surface area contributed by atoms with Gasteiger partial charge in [-0.05, 0) is 81.1 Å². The number of rotatable bonds is 6. The number of thiazole rings is 1. The van der Waals surface area contributed by atoms with Gasteiger partial charge in [0, 0.05) is 22.5 Å². The Morgan fingerprint density at radius 2 is 1.97 bits per heavy atom. The maximum atomic E-state index is 14.0. The Balaban J connectivity index is 0.000000572. The normalized spacial score (nSPS) is 21.1. The van der Waals surface area contributed by atoms with Gasteiger partial charge in [0.1, 0.15) is 5.82 Å². The topological polar surface area (TPSA) is 72.5 Å². The molecule has 198 valence electrons. The molecule has 0 radical (unpaired) electrons. The molecule has 1 aliphatic carbocycles. The molecule has 2 aromatic rings. The van der Waals surface area contributed by atoms with E-state index in [2.05, 4.69) is 31.7 Å². The molecular formula is C26H27ClF3N3O3S. The summed E-state index contributed by atoms with van der Waals surface area (Å²) in [5.41, 5.74) is -0.128. The average molecular weight is 554 g/mol. The molecule has 2 saturated heterocycles. The Kier molecular flexibility index (Phi) is 8.30. The summed E-state index contributed by atoms with van der Waals surface area (Å²) < 4.78 is 49.7. The molecule has 0 spiro atoms. The molecule has 1 amide bonds. The molecule has 1 aromatic heterocycles. The van der Waals surface area contributed by atoms with Gasteiger partial charge in [-0.1, -0.05) is 24.2 Å². The Morgan fingerprint density at radius 3 is 2.57 bits per heavy atom. The van der Waals surface area contributed by atoms with Crippen LogP contribution in [-0.2, 0) is 20.7 Å². The zero-order chi connectivity index (χ0) is 26.6. The highest BCUT2D eigenvalue weighted by Crippen LogP contribution is 2.53. The first-order valence-corrected chi connectivity index (χ1v) is 13.1. The summed E-state index contributed by atoms with van der Waals surface area (Å²) in [6, 6.07) is 4.45. The first-order chi connectivity index (χ1) is 17.6. The highest BCUT2D eigenvalue weighted by atomic mass is 35.5. The van der Waals surface area contributed by atoms with E-state index in [4.69, 9.17) is 11.6 Å². The van der Waals surface area contributed by atoms with Crippen LogP contribution in [0.4, 0.5) is 18.3 Å².